The van der Waals surface area contributed by atoms with Gasteiger partial charge in [-0.05, 0) is 37.9 Å². The lowest BCUT2D eigenvalue weighted by molar-refractivity contribution is 0.520. The fraction of sp³-hybridized carbons (Fsp3) is 0.615. The summed E-state index contributed by atoms with van der Waals surface area (Å²) < 4.78 is 25.2. The molecule has 0 spiro atoms. The van der Waals surface area contributed by atoms with Crippen molar-refractivity contribution in [1.29, 1.82) is 0 Å². The van der Waals surface area contributed by atoms with Crippen LogP contribution in [0.15, 0.2) is 23.2 Å². The average Bonchev–Trinajstić information content (AvgIpc) is 2.80. The van der Waals surface area contributed by atoms with E-state index in [0.29, 0.717) is 18.5 Å². The van der Waals surface area contributed by atoms with Crippen molar-refractivity contribution in [1.82, 2.24) is 9.29 Å². The van der Waals surface area contributed by atoms with Crippen LogP contribution in [0.5, 0.6) is 0 Å². The first-order valence-corrected chi connectivity index (χ1v) is 8.15. The van der Waals surface area contributed by atoms with Crippen LogP contribution in [-0.2, 0) is 10.0 Å². The molecular weight excluding hydrogens is 276 g/mol. The number of hydrogen-bond donors (Lipinski definition) is 1. The molecule has 0 aliphatic carbocycles. The monoisotopic (exact) mass is 298 g/mol. The molecule has 7 heteroatoms. The molecular formula is C13H22N4O2S. The van der Waals surface area contributed by atoms with E-state index in [1.54, 1.807) is 12.1 Å². The normalized spacial score (nSPS) is 23.6. The lowest BCUT2D eigenvalue weighted by Gasteiger charge is -2.23. The van der Waals surface area contributed by atoms with Gasteiger partial charge in [-0.3, -0.25) is 0 Å². The SMILES string of the molecule is CC1CC(CN)CN1c1ccc(S(=O)(=O)N(C)C)cn1. The first-order chi connectivity index (χ1) is 9.36. The molecule has 1 aromatic heterocycles. The van der Waals surface area contributed by atoms with E-state index in [1.165, 1.54) is 24.6 Å². The Bertz CT molecular complexity index is 556. The predicted octanol–water partition coefficient (Wildman–Crippen LogP) is 0.505. The van der Waals surface area contributed by atoms with Gasteiger partial charge in [0, 0.05) is 32.9 Å². The number of nitrogens with two attached hydrogens (primary N) is 1. The van der Waals surface area contributed by atoms with E-state index in [4.69, 9.17) is 5.73 Å². The number of nitrogens with zero attached hydrogens (tertiary/aromatic N) is 3. The Balaban J connectivity index is 2.21. The molecule has 2 heterocycles. The Hall–Kier alpha value is -1.18. The van der Waals surface area contributed by atoms with E-state index in [2.05, 4.69) is 16.8 Å². The maximum absolute atomic E-state index is 12.0. The van der Waals surface area contributed by atoms with Crippen LogP contribution in [0, 0.1) is 5.92 Å². The molecule has 2 unspecified atom stereocenters. The van der Waals surface area contributed by atoms with E-state index in [-0.39, 0.29) is 4.90 Å². The molecule has 0 aromatic carbocycles. The lowest BCUT2D eigenvalue weighted by Crippen LogP contribution is -2.28. The smallest absolute Gasteiger partial charge is 0.244 e. The van der Waals surface area contributed by atoms with Crippen LogP contribution in [0.25, 0.3) is 0 Å². The summed E-state index contributed by atoms with van der Waals surface area (Å²) in [6, 6.07) is 3.76. The van der Waals surface area contributed by atoms with Crippen molar-refractivity contribution in [2.75, 3.05) is 32.1 Å². The molecule has 2 atom stereocenters. The first-order valence-electron chi connectivity index (χ1n) is 6.71. The summed E-state index contributed by atoms with van der Waals surface area (Å²) in [5, 5.41) is 0. The molecule has 0 bridgehead atoms. The molecule has 6 nitrogen and oxygen atoms in total. The van der Waals surface area contributed by atoms with Crippen LogP contribution in [0.2, 0.25) is 0 Å². The van der Waals surface area contributed by atoms with E-state index in [9.17, 15) is 8.42 Å². The van der Waals surface area contributed by atoms with Gasteiger partial charge in [0.25, 0.3) is 0 Å². The minimum absolute atomic E-state index is 0.216. The van der Waals surface area contributed by atoms with Crippen LogP contribution in [0.4, 0.5) is 5.82 Å². The van der Waals surface area contributed by atoms with E-state index in [1.807, 2.05) is 0 Å². The topological polar surface area (TPSA) is 79.5 Å². The minimum Gasteiger partial charge on any atom is -0.354 e. The zero-order valence-corrected chi connectivity index (χ0v) is 13.0. The highest BCUT2D eigenvalue weighted by Crippen LogP contribution is 2.27. The third-order valence-electron chi connectivity index (χ3n) is 3.79. The molecule has 0 amide bonds. The van der Waals surface area contributed by atoms with Crippen LogP contribution in [0.3, 0.4) is 0 Å². The number of rotatable bonds is 4. The Kier molecular flexibility index (Phi) is 4.31. The molecule has 2 N–H and O–H groups in total. The Morgan fingerprint density at radius 3 is 2.60 bits per heavy atom. The molecule has 112 valence electrons. The Labute approximate surface area is 120 Å². The zero-order chi connectivity index (χ0) is 14.9. The summed E-state index contributed by atoms with van der Waals surface area (Å²) >= 11 is 0. The van der Waals surface area contributed by atoms with Crippen molar-refractivity contribution < 1.29 is 8.42 Å². The van der Waals surface area contributed by atoms with E-state index in [0.717, 1.165) is 18.8 Å². The van der Waals surface area contributed by atoms with Gasteiger partial charge in [-0.2, -0.15) is 0 Å². The van der Waals surface area contributed by atoms with E-state index >= 15 is 0 Å². The molecule has 0 radical (unpaired) electrons. The molecule has 1 fully saturated rings. The van der Waals surface area contributed by atoms with Crippen molar-refractivity contribution in [2.24, 2.45) is 11.7 Å². The maximum Gasteiger partial charge on any atom is 0.244 e. The van der Waals surface area contributed by atoms with Crippen molar-refractivity contribution >= 4 is 15.8 Å². The van der Waals surface area contributed by atoms with E-state index < -0.39 is 10.0 Å². The summed E-state index contributed by atoms with van der Waals surface area (Å²) in [5.74, 6) is 1.29. The van der Waals surface area contributed by atoms with Crippen molar-refractivity contribution in [3.05, 3.63) is 18.3 Å². The molecule has 1 aromatic rings. The number of anilines is 1. The zero-order valence-electron chi connectivity index (χ0n) is 12.2. The molecule has 0 saturated carbocycles. The van der Waals surface area contributed by atoms with Crippen LogP contribution in [-0.4, -0.2) is 50.9 Å². The molecule has 1 saturated heterocycles. The van der Waals surface area contributed by atoms with Gasteiger partial charge in [-0.1, -0.05) is 0 Å². The van der Waals surface area contributed by atoms with Crippen LogP contribution < -0.4 is 10.6 Å². The summed E-state index contributed by atoms with van der Waals surface area (Å²) in [4.78, 5) is 6.71. The summed E-state index contributed by atoms with van der Waals surface area (Å²) in [7, 11) is -0.391. The highest BCUT2D eigenvalue weighted by molar-refractivity contribution is 7.89. The molecule has 1 aliphatic rings. The second-order valence-corrected chi connectivity index (χ2v) is 7.63. The fourth-order valence-electron chi connectivity index (χ4n) is 2.54. The Morgan fingerprint density at radius 1 is 1.45 bits per heavy atom. The van der Waals surface area contributed by atoms with Gasteiger partial charge in [0.2, 0.25) is 10.0 Å². The lowest BCUT2D eigenvalue weighted by atomic mass is 10.1. The largest absolute Gasteiger partial charge is 0.354 e. The van der Waals surface area contributed by atoms with Crippen LogP contribution in [0.1, 0.15) is 13.3 Å². The van der Waals surface area contributed by atoms with Gasteiger partial charge >= 0.3 is 0 Å². The average molecular weight is 298 g/mol. The Morgan fingerprint density at radius 2 is 2.15 bits per heavy atom. The van der Waals surface area contributed by atoms with Crippen molar-refractivity contribution in [2.45, 2.75) is 24.3 Å². The standard InChI is InChI=1S/C13H22N4O2S/c1-10-6-11(7-14)9-17(10)13-5-4-12(8-15-13)20(18,19)16(2)3/h4-5,8,10-11H,6-7,9,14H2,1-3H3. The highest BCUT2D eigenvalue weighted by Gasteiger charge is 2.29. The summed E-state index contributed by atoms with van der Waals surface area (Å²) in [6.07, 6.45) is 2.48. The highest BCUT2D eigenvalue weighted by atomic mass is 32.2. The van der Waals surface area contributed by atoms with Crippen molar-refractivity contribution in [3.63, 3.8) is 0 Å². The maximum atomic E-state index is 12.0. The van der Waals surface area contributed by atoms with Crippen LogP contribution >= 0.6 is 0 Å². The van der Waals surface area contributed by atoms with Gasteiger partial charge in [-0.25, -0.2) is 17.7 Å². The fourth-order valence-corrected chi connectivity index (χ4v) is 3.39. The summed E-state index contributed by atoms with van der Waals surface area (Å²) in [5.41, 5.74) is 5.72. The van der Waals surface area contributed by atoms with Gasteiger partial charge in [-0.15, -0.1) is 0 Å². The quantitative estimate of drug-likeness (QED) is 0.876. The number of aromatic nitrogens is 1. The first kappa shape index (κ1) is 15.2. The van der Waals surface area contributed by atoms with Gasteiger partial charge in [0.05, 0.1) is 0 Å². The van der Waals surface area contributed by atoms with Gasteiger partial charge in [0.1, 0.15) is 10.7 Å². The van der Waals surface area contributed by atoms with Gasteiger partial charge in [0.15, 0.2) is 0 Å². The second-order valence-electron chi connectivity index (χ2n) is 5.48. The minimum atomic E-state index is -3.41. The number of hydrogen-bond acceptors (Lipinski definition) is 5. The molecule has 2 rings (SSSR count). The molecule has 1 aliphatic heterocycles. The number of pyridine rings is 1. The number of sulfonamides is 1. The third-order valence-corrected chi connectivity index (χ3v) is 5.59. The summed E-state index contributed by atoms with van der Waals surface area (Å²) in [6.45, 7) is 3.69. The second kappa shape index (κ2) is 5.67. The van der Waals surface area contributed by atoms with Crippen molar-refractivity contribution in [3.8, 4) is 0 Å². The molecule has 20 heavy (non-hydrogen) atoms. The van der Waals surface area contributed by atoms with Gasteiger partial charge < -0.3 is 10.6 Å². The third kappa shape index (κ3) is 2.79. The predicted molar refractivity (Wildman–Crippen MR) is 79.1 cm³/mol.